The highest BCUT2D eigenvalue weighted by atomic mass is 16.5. The SMILES string of the molecule is CC(=O)OC1CC(=O)N(C2C(=O)N(C(C(=O)NCc3ccccc3C)N(C=O)c3ccccc3)C2CCc2cccc3ccccc23)C1=O. The van der Waals surface area contributed by atoms with Crippen molar-refractivity contribution in [3.63, 3.8) is 0 Å². The minimum atomic E-state index is -1.44. The van der Waals surface area contributed by atoms with Crippen LogP contribution in [0.2, 0.25) is 0 Å². The Morgan fingerprint density at radius 2 is 1.57 bits per heavy atom. The lowest BCUT2D eigenvalue weighted by Gasteiger charge is -2.53. The van der Waals surface area contributed by atoms with Gasteiger partial charge in [-0.3, -0.25) is 38.6 Å². The van der Waals surface area contributed by atoms with E-state index in [2.05, 4.69) is 5.32 Å². The summed E-state index contributed by atoms with van der Waals surface area (Å²) >= 11 is 0. The van der Waals surface area contributed by atoms with Crippen LogP contribution < -0.4 is 10.2 Å². The van der Waals surface area contributed by atoms with Gasteiger partial charge in [0.15, 0.2) is 12.3 Å². The summed E-state index contributed by atoms with van der Waals surface area (Å²) in [5, 5.41) is 4.94. The number of imide groups is 1. The van der Waals surface area contributed by atoms with Crippen molar-refractivity contribution in [1.82, 2.24) is 15.1 Å². The molecule has 1 N–H and O–H groups in total. The summed E-state index contributed by atoms with van der Waals surface area (Å²) < 4.78 is 5.11. The van der Waals surface area contributed by atoms with Crippen LogP contribution in [-0.2, 0) is 46.5 Å². The van der Waals surface area contributed by atoms with Gasteiger partial charge in [0.1, 0.15) is 6.04 Å². The summed E-state index contributed by atoms with van der Waals surface area (Å²) in [5.41, 5.74) is 3.16. The Morgan fingerprint density at radius 1 is 0.898 bits per heavy atom. The van der Waals surface area contributed by atoms with E-state index in [1.54, 1.807) is 30.3 Å². The van der Waals surface area contributed by atoms with Gasteiger partial charge in [-0.15, -0.1) is 0 Å². The fourth-order valence-corrected chi connectivity index (χ4v) is 6.78. The smallest absolute Gasteiger partial charge is 0.303 e. The molecule has 2 aliphatic rings. The van der Waals surface area contributed by atoms with E-state index in [-0.39, 0.29) is 19.4 Å². The lowest BCUT2D eigenvalue weighted by atomic mass is 9.86. The van der Waals surface area contributed by atoms with Crippen molar-refractivity contribution in [1.29, 1.82) is 0 Å². The van der Waals surface area contributed by atoms with Crippen molar-refractivity contribution < 1.29 is 33.5 Å². The zero-order chi connectivity index (χ0) is 34.7. The molecule has 250 valence electrons. The van der Waals surface area contributed by atoms with Gasteiger partial charge >= 0.3 is 5.97 Å². The number of nitrogens with one attached hydrogen (secondary N) is 1. The number of benzene rings is 4. The van der Waals surface area contributed by atoms with Gasteiger partial charge in [0.2, 0.25) is 18.2 Å². The van der Waals surface area contributed by atoms with Crippen LogP contribution >= 0.6 is 0 Å². The van der Waals surface area contributed by atoms with Gasteiger partial charge in [0.25, 0.3) is 11.8 Å². The van der Waals surface area contributed by atoms with Crippen LogP contribution in [0.25, 0.3) is 10.8 Å². The topological polar surface area (TPSA) is 133 Å². The van der Waals surface area contributed by atoms with Crippen LogP contribution in [0.5, 0.6) is 0 Å². The van der Waals surface area contributed by atoms with Crippen LogP contribution in [0.4, 0.5) is 5.69 Å². The Bertz CT molecular complexity index is 1920. The molecule has 2 saturated heterocycles. The first-order chi connectivity index (χ1) is 23.7. The number of hydrogen-bond acceptors (Lipinski definition) is 7. The van der Waals surface area contributed by atoms with Gasteiger partial charge in [-0.25, -0.2) is 0 Å². The predicted octanol–water partition coefficient (Wildman–Crippen LogP) is 3.66. The predicted molar refractivity (Wildman–Crippen MR) is 181 cm³/mol. The third-order valence-electron chi connectivity index (χ3n) is 9.19. The molecule has 2 aliphatic heterocycles. The van der Waals surface area contributed by atoms with Gasteiger partial charge in [-0.1, -0.05) is 84.9 Å². The van der Waals surface area contributed by atoms with E-state index in [1.807, 2.05) is 73.7 Å². The normalized spacial score (nSPS) is 19.4. The van der Waals surface area contributed by atoms with Crippen molar-refractivity contribution in [2.45, 2.75) is 64.0 Å². The number of fused-ring (bicyclic) bond motifs is 1. The van der Waals surface area contributed by atoms with E-state index < -0.39 is 54.0 Å². The molecule has 0 aliphatic carbocycles. The maximum atomic E-state index is 14.3. The average Bonchev–Trinajstić information content (AvgIpc) is 3.36. The summed E-state index contributed by atoms with van der Waals surface area (Å²) in [7, 11) is 0. The summed E-state index contributed by atoms with van der Waals surface area (Å²) in [6.45, 7) is 3.20. The molecule has 0 bridgehead atoms. The highest BCUT2D eigenvalue weighted by Gasteiger charge is 2.60. The Balaban J connectivity index is 1.38. The number of nitrogens with zero attached hydrogens (tertiary/aromatic N) is 3. The standard InChI is InChI=1S/C38H36N4O7/c1-24-11-6-7-13-28(24)22-39-35(46)36(40(23-43)29-16-4-3-5-17-29)41-31(20-19-27-15-10-14-26-12-8-9-18-30(26)27)34(38(41)48)42-33(45)21-32(37(42)47)49-25(2)44/h3-18,23,31-32,34,36H,19-22H2,1-2H3,(H,39,46). The molecule has 6 rings (SSSR count). The molecule has 4 aromatic carbocycles. The molecule has 2 fully saturated rings. The summed E-state index contributed by atoms with van der Waals surface area (Å²) in [4.78, 5) is 83.0. The van der Waals surface area contributed by atoms with Crippen LogP contribution in [0, 0.1) is 6.92 Å². The summed E-state index contributed by atoms with van der Waals surface area (Å²) in [6.07, 6.45) is -1.98. The van der Waals surface area contributed by atoms with Crippen molar-refractivity contribution in [2.24, 2.45) is 0 Å². The van der Waals surface area contributed by atoms with Crippen LogP contribution in [0.15, 0.2) is 97.1 Å². The molecule has 11 heteroatoms. The van der Waals surface area contributed by atoms with Gasteiger partial charge in [0, 0.05) is 19.2 Å². The first-order valence-electron chi connectivity index (χ1n) is 16.1. The van der Waals surface area contributed by atoms with Crippen LogP contribution in [-0.4, -0.2) is 70.2 Å². The molecule has 11 nitrogen and oxygen atoms in total. The second-order valence-corrected chi connectivity index (χ2v) is 12.2. The van der Waals surface area contributed by atoms with Gasteiger partial charge in [-0.2, -0.15) is 0 Å². The van der Waals surface area contributed by atoms with Gasteiger partial charge in [-0.05, 0) is 59.4 Å². The Morgan fingerprint density at radius 3 is 2.31 bits per heavy atom. The quantitative estimate of drug-likeness (QED) is 0.106. The zero-order valence-corrected chi connectivity index (χ0v) is 27.2. The summed E-state index contributed by atoms with van der Waals surface area (Å²) in [6, 6.07) is 27.7. The number of para-hydroxylation sites is 1. The number of carbonyl (C=O) groups excluding carboxylic acids is 6. The molecular weight excluding hydrogens is 624 g/mol. The first kappa shape index (κ1) is 33.1. The number of anilines is 1. The second-order valence-electron chi connectivity index (χ2n) is 12.2. The van der Waals surface area contributed by atoms with E-state index in [1.165, 1.54) is 9.80 Å². The molecule has 4 atom stereocenters. The summed E-state index contributed by atoms with van der Waals surface area (Å²) in [5.74, 6) is -3.45. The molecule has 4 aromatic rings. The molecule has 0 aromatic heterocycles. The molecule has 5 amide bonds. The molecule has 4 unspecified atom stereocenters. The number of esters is 1. The lowest BCUT2D eigenvalue weighted by Crippen LogP contribution is -2.77. The number of amides is 5. The fourth-order valence-electron chi connectivity index (χ4n) is 6.78. The van der Waals surface area contributed by atoms with Gasteiger partial charge in [0.05, 0.1) is 12.5 Å². The van der Waals surface area contributed by atoms with E-state index >= 15 is 0 Å². The Labute approximate surface area is 283 Å². The van der Waals surface area contributed by atoms with E-state index in [0.717, 1.165) is 39.3 Å². The average molecular weight is 661 g/mol. The maximum absolute atomic E-state index is 14.3. The molecule has 0 saturated carbocycles. The lowest BCUT2D eigenvalue weighted by molar-refractivity contribution is -0.175. The number of β-lactam (4-membered cyclic amide) rings is 1. The van der Waals surface area contributed by atoms with Crippen molar-refractivity contribution in [3.8, 4) is 0 Å². The molecule has 0 spiro atoms. The zero-order valence-electron chi connectivity index (χ0n) is 27.2. The molecule has 0 radical (unpaired) electrons. The van der Waals surface area contributed by atoms with Gasteiger partial charge < -0.3 is 15.0 Å². The number of hydrogen-bond donors (Lipinski definition) is 1. The first-order valence-corrected chi connectivity index (χ1v) is 16.1. The molecular formula is C38H36N4O7. The minimum Gasteiger partial charge on any atom is -0.452 e. The maximum Gasteiger partial charge on any atom is 0.303 e. The minimum absolute atomic E-state index is 0.142. The Kier molecular flexibility index (Phi) is 9.52. The van der Waals surface area contributed by atoms with E-state index in [9.17, 15) is 28.8 Å². The highest BCUT2D eigenvalue weighted by Crippen LogP contribution is 2.37. The van der Waals surface area contributed by atoms with Crippen LogP contribution in [0.3, 0.4) is 0 Å². The fraction of sp³-hybridized carbons (Fsp3) is 0.263. The van der Waals surface area contributed by atoms with Crippen molar-refractivity contribution in [2.75, 3.05) is 4.90 Å². The van der Waals surface area contributed by atoms with Crippen molar-refractivity contribution in [3.05, 3.63) is 114 Å². The number of aryl methyl sites for hydroxylation is 2. The Hall–Kier alpha value is -5.84. The number of carbonyl (C=O) groups is 6. The molecule has 49 heavy (non-hydrogen) atoms. The van der Waals surface area contributed by atoms with Crippen LogP contribution in [0.1, 0.15) is 36.5 Å². The highest BCUT2D eigenvalue weighted by molar-refractivity contribution is 6.11. The third kappa shape index (κ3) is 6.52. The molecule has 2 heterocycles. The second kappa shape index (κ2) is 14.1. The number of ether oxygens (including phenoxy) is 1. The third-order valence-corrected chi connectivity index (χ3v) is 9.19. The number of rotatable bonds is 12. The number of likely N-dealkylation sites (tertiary alicyclic amines) is 2. The van der Waals surface area contributed by atoms with E-state index in [0.29, 0.717) is 18.5 Å². The monoisotopic (exact) mass is 660 g/mol. The largest absolute Gasteiger partial charge is 0.452 e. The van der Waals surface area contributed by atoms with Crippen molar-refractivity contribution >= 4 is 52.5 Å². The van der Waals surface area contributed by atoms with E-state index in [4.69, 9.17) is 4.74 Å².